The number of esters is 1. The molecule has 0 aromatic carbocycles. The zero-order valence-corrected chi connectivity index (χ0v) is 14.9. The highest BCUT2D eigenvalue weighted by atomic mass is 16.6. The van der Waals surface area contributed by atoms with E-state index < -0.39 is 35.5 Å². The lowest BCUT2D eigenvalue weighted by molar-refractivity contribution is -0.140. The van der Waals surface area contributed by atoms with Crippen molar-refractivity contribution in [3.8, 4) is 0 Å². The van der Waals surface area contributed by atoms with Gasteiger partial charge in [0.2, 0.25) is 0 Å². The van der Waals surface area contributed by atoms with E-state index in [4.69, 9.17) is 9.47 Å². The topological polar surface area (TPSA) is 103 Å². The smallest absolute Gasteiger partial charge is 0.409 e. The van der Waals surface area contributed by atoms with Crippen LogP contribution in [-0.2, 0) is 19.0 Å². The number of alkyl carbamates (subject to hydrolysis) is 2. The molecule has 8 nitrogen and oxygen atoms in total. The van der Waals surface area contributed by atoms with Gasteiger partial charge < -0.3 is 24.8 Å². The largest absolute Gasteiger partial charge is 0.469 e. The van der Waals surface area contributed by atoms with Crippen LogP contribution >= 0.6 is 0 Å². The number of hydrogen-bond donors (Lipinski definition) is 2. The van der Waals surface area contributed by atoms with Gasteiger partial charge in [-0.05, 0) is 48.0 Å². The molecule has 0 aromatic rings. The predicted molar refractivity (Wildman–Crippen MR) is 83.8 cm³/mol. The fourth-order valence-corrected chi connectivity index (χ4v) is 1.44. The maximum absolute atomic E-state index is 11.8. The summed E-state index contributed by atoms with van der Waals surface area (Å²) in [6.07, 6.45) is -2.07. The molecule has 0 fully saturated rings. The molecule has 8 heteroatoms. The van der Waals surface area contributed by atoms with Crippen LogP contribution in [-0.4, -0.2) is 42.6 Å². The third kappa shape index (κ3) is 12.3. The summed E-state index contributed by atoms with van der Waals surface area (Å²) in [5, 5.41) is 4.98. The second-order valence-electron chi connectivity index (χ2n) is 6.96. The molecule has 2 amide bonds. The van der Waals surface area contributed by atoms with Crippen molar-refractivity contribution in [3.05, 3.63) is 0 Å². The van der Waals surface area contributed by atoms with Crippen molar-refractivity contribution >= 4 is 18.2 Å². The summed E-state index contributed by atoms with van der Waals surface area (Å²) in [5.74, 6) is -0.452. The Labute approximate surface area is 137 Å². The van der Waals surface area contributed by atoms with E-state index >= 15 is 0 Å². The van der Waals surface area contributed by atoms with Crippen LogP contribution in [0.3, 0.4) is 0 Å². The second-order valence-corrected chi connectivity index (χ2v) is 6.96. The van der Waals surface area contributed by atoms with Gasteiger partial charge in [-0.3, -0.25) is 4.79 Å². The third-order valence-corrected chi connectivity index (χ3v) is 2.25. The molecule has 0 aliphatic heterocycles. The van der Waals surface area contributed by atoms with E-state index in [2.05, 4.69) is 15.4 Å². The van der Waals surface area contributed by atoms with Crippen LogP contribution in [0.25, 0.3) is 0 Å². The van der Waals surface area contributed by atoms with E-state index in [-0.39, 0.29) is 12.8 Å². The average molecular weight is 332 g/mol. The molecule has 134 valence electrons. The number of nitrogens with one attached hydrogen (secondary N) is 2. The standard InChI is InChI=1S/C15H28N2O6/c1-14(2,3)22-12(19)16-10(8-9-11(18)21-7)17-13(20)23-15(4,5)6/h10H,8-9H2,1-7H3,(H,16,19)(H,17,20). The molecule has 0 aliphatic carbocycles. The Balaban J connectivity index is 4.71. The van der Waals surface area contributed by atoms with Crippen LogP contribution in [0.4, 0.5) is 9.59 Å². The van der Waals surface area contributed by atoms with Crippen molar-refractivity contribution in [2.75, 3.05) is 7.11 Å². The van der Waals surface area contributed by atoms with Gasteiger partial charge in [0.25, 0.3) is 0 Å². The lowest BCUT2D eigenvalue weighted by atomic mass is 10.2. The van der Waals surface area contributed by atoms with Gasteiger partial charge in [-0.25, -0.2) is 9.59 Å². The predicted octanol–water partition coefficient (Wildman–Crippen LogP) is 2.32. The minimum absolute atomic E-state index is 0.0206. The number of hydrogen-bond acceptors (Lipinski definition) is 6. The van der Waals surface area contributed by atoms with Crippen molar-refractivity contribution < 1.29 is 28.6 Å². The molecule has 23 heavy (non-hydrogen) atoms. The molecule has 2 N–H and O–H groups in total. The zero-order valence-electron chi connectivity index (χ0n) is 14.9. The fraction of sp³-hybridized carbons (Fsp3) is 0.800. The van der Waals surface area contributed by atoms with Gasteiger partial charge in [0.05, 0.1) is 7.11 Å². The molecule has 0 heterocycles. The summed E-state index contributed by atoms with van der Waals surface area (Å²) in [4.78, 5) is 34.9. The highest BCUT2D eigenvalue weighted by molar-refractivity contribution is 5.72. The molecular formula is C15H28N2O6. The van der Waals surface area contributed by atoms with E-state index in [0.717, 1.165) is 0 Å². The van der Waals surface area contributed by atoms with E-state index in [1.807, 2.05) is 0 Å². The normalized spacial score (nSPS) is 11.7. The third-order valence-electron chi connectivity index (χ3n) is 2.25. The van der Waals surface area contributed by atoms with Crippen LogP contribution in [0, 0.1) is 0 Å². The van der Waals surface area contributed by atoms with E-state index in [0.29, 0.717) is 0 Å². The highest BCUT2D eigenvalue weighted by Crippen LogP contribution is 2.09. The van der Waals surface area contributed by atoms with Crippen LogP contribution in [0.5, 0.6) is 0 Å². The minimum atomic E-state index is -0.821. The second kappa shape index (κ2) is 8.59. The van der Waals surface area contributed by atoms with E-state index in [1.165, 1.54) is 7.11 Å². The molecule has 0 radical (unpaired) electrons. The first-order chi connectivity index (χ1) is 10.3. The molecule has 0 spiro atoms. The van der Waals surface area contributed by atoms with Gasteiger partial charge in [0.1, 0.15) is 17.4 Å². The Morgan fingerprint density at radius 1 is 0.870 bits per heavy atom. The zero-order chi connectivity index (χ0) is 18.3. The average Bonchev–Trinajstić information content (AvgIpc) is 2.30. The number of methoxy groups -OCH3 is 1. The molecule has 0 saturated carbocycles. The highest BCUT2D eigenvalue weighted by Gasteiger charge is 2.23. The summed E-state index contributed by atoms with van der Waals surface area (Å²) in [6.45, 7) is 10.3. The summed E-state index contributed by atoms with van der Waals surface area (Å²) in [7, 11) is 1.26. The van der Waals surface area contributed by atoms with Gasteiger partial charge in [0.15, 0.2) is 0 Å². The number of ether oxygens (including phenoxy) is 3. The maximum atomic E-state index is 11.8. The lowest BCUT2D eigenvalue weighted by Gasteiger charge is -2.26. The maximum Gasteiger partial charge on any atom is 0.409 e. The molecule has 0 aromatic heterocycles. The van der Waals surface area contributed by atoms with E-state index in [9.17, 15) is 14.4 Å². The van der Waals surface area contributed by atoms with Gasteiger partial charge in [-0.15, -0.1) is 0 Å². The molecule has 0 rings (SSSR count). The van der Waals surface area contributed by atoms with Crippen LogP contribution in [0.1, 0.15) is 54.4 Å². The molecule has 0 aliphatic rings. The summed E-state index contributed by atoms with van der Waals surface area (Å²) < 4.78 is 14.8. The van der Waals surface area contributed by atoms with Crippen LogP contribution < -0.4 is 10.6 Å². The molecule has 0 saturated heterocycles. The first-order valence-corrected chi connectivity index (χ1v) is 7.38. The summed E-state index contributed by atoms with van der Waals surface area (Å²) in [6, 6.07) is 0. The Hall–Kier alpha value is -1.99. The Kier molecular flexibility index (Phi) is 7.85. The van der Waals surface area contributed by atoms with Crippen molar-refractivity contribution in [2.24, 2.45) is 0 Å². The SMILES string of the molecule is COC(=O)CCC(NC(=O)OC(C)(C)C)NC(=O)OC(C)(C)C. The van der Waals surface area contributed by atoms with Gasteiger partial charge in [-0.2, -0.15) is 0 Å². The van der Waals surface area contributed by atoms with Crippen molar-refractivity contribution in [3.63, 3.8) is 0 Å². The van der Waals surface area contributed by atoms with E-state index in [1.54, 1.807) is 41.5 Å². The quantitative estimate of drug-likeness (QED) is 0.455. The molecule has 0 atom stereocenters. The van der Waals surface area contributed by atoms with Crippen molar-refractivity contribution in [1.82, 2.24) is 10.6 Å². The number of amides is 2. The Bertz CT molecular complexity index is 393. The van der Waals surface area contributed by atoms with Crippen molar-refractivity contribution in [1.29, 1.82) is 0 Å². The minimum Gasteiger partial charge on any atom is -0.469 e. The Morgan fingerprint density at radius 2 is 1.26 bits per heavy atom. The van der Waals surface area contributed by atoms with Crippen LogP contribution in [0.2, 0.25) is 0 Å². The molecule has 0 bridgehead atoms. The monoisotopic (exact) mass is 332 g/mol. The van der Waals surface area contributed by atoms with Gasteiger partial charge in [-0.1, -0.05) is 0 Å². The lowest BCUT2D eigenvalue weighted by Crippen LogP contribution is -2.50. The number of carbonyl (C=O) groups is 3. The summed E-state index contributed by atoms with van der Waals surface area (Å²) >= 11 is 0. The van der Waals surface area contributed by atoms with Crippen molar-refractivity contribution in [2.45, 2.75) is 71.8 Å². The number of carbonyl (C=O) groups excluding carboxylic acids is 3. The van der Waals surface area contributed by atoms with Gasteiger partial charge in [0, 0.05) is 6.42 Å². The number of rotatable bonds is 5. The first kappa shape index (κ1) is 21.0. The molecule has 0 unspecified atom stereocenters. The van der Waals surface area contributed by atoms with Crippen LogP contribution in [0.15, 0.2) is 0 Å². The first-order valence-electron chi connectivity index (χ1n) is 7.38. The Morgan fingerprint density at radius 3 is 1.57 bits per heavy atom. The summed E-state index contributed by atoms with van der Waals surface area (Å²) in [5.41, 5.74) is -1.36. The molecular weight excluding hydrogens is 304 g/mol. The van der Waals surface area contributed by atoms with Gasteiger partial charge >= 0.3 is 18.2 Å². The fourth-order valence-electron chi connectivity index (χ4n) is 1.44.